The summed E-state index contributed by atoms with van der Waals surface area (Å²) in [6, 6.07) is 0. The van der Waals surface area contributed by atoms with Crippen LogP contribution in [-0.4, -0.2) is 36.9 Å². The predicted octanol–water partition coefficient (Wildman–Crippen LogP) is 1.85. The zero-order valence-corrected chi connectivity index (χ0v) is 10.8. The molecule has 0 amide bonds. The van der Waals surface area contributed by atoms with Crippen LogP contribution in [0.4, 0.5) is 0 Å². The maximum Gasteiger partial charge on any atom is 0.309 e. The van der Waals surface area contributed by atoms with Crippen molar-refractivity contribution in [1.29, 1.82) is 0 Å². The van der Waals surface area contributed by atoms with Gasteiger partial charge in [-0.15, -0.1) is 0 Å². The Morgan fingerprint density at radius 3 is 2.35 bits per heavy atom. The fraction of sp³-hybridized carbons (Fsp3) is 0.833. The van der Waals surface area contributed by atoms with Gasteiger partial charge in [-0.05, 0) is 12.8 Å². The summed E-state index contributed by atoms with van der Waals surface area (Å²) in [5.74, 6) is -2.33. The number of hydrogen-bond acceptors (Lipinski definition) is 4. The summed E-state index contributed by atoms with van der Waals surface area (Å²) >= 11 is 0. The normalized spacial score (nSPS) is 14.1. The molecule has 0 heterocycles. The Morgan fingerprint density at radius 2 is 1.94 bits per heavy atom. The maximum atomic E-state index is 11.4. The molecule has 17 heavy (non-hydrogen) atoms. The van der Waals surface area contributed by atoms with Crippen molar-refractivity contribution in [3.05, 3.63) is 0 Å². The maximum absolute atomic E-state index is 11.4. The largest absolute Gasteiger partial charge is 0.481 e. The van der Waals surface area contributed by atoms with Crippen LogP contribution in [0.25, 0.3) is 0 Å². The van der Waals surface area contributed by atoms with E-state index < -0.39 is 24.0 Å². The lowest BCUT2D eigenvalue weighted by atomic mass is 9.97. The van der Waals surface area contributed by atoms with Crippen LogP contribution in [0.1, 0.15) is 39.5 Å². The van der Waals surface area contributed by atoms with Gasteiger partial charge in [-0.25, -0.2) is 0 Å². The molecular formula is C12H22O5. The number of methoxy groups -OCH3 is 1. The molecular weight excluding hydrogens is 224 g/mol. The zero-order chi connectivity index (χ0) is 13.3. The summed E-state index contributed by atoms with van der Waals surface area (Å²) in [4.78, 5) is 22.5. The molecule has 0 aromatic heterocycles. The van der Waals surface area contributed by atoms with E-state index in [0.717, 1.165) is 12.8 Å². The number of rotatable bonds is 9. The summed E-state index contributed by atoms with van der Waals surface area (Å²) in [5, 5.41) is 9.04. The van der Waals surface area contributed by atoms with Gasteiger partial charge in [0.25, 0.3) is 0 Å². The van der Waals surface area contributed by atoms with E-state index >= 15 is 0 Å². The highest BCUT2D eigenvalue weighted by Crippen LogP contribution is 2.16. The number of ether oxygens (including phenoxy) is 2. The summed E-state index contributed by atoms with van der Waals surface area (Å²) < 4.78 is 10.0. The number of hydrogen-bond donors (Lipinski definition) is 1. The van der Waals surface area contributed by atoms with Crippen molar-refractivity contribution in [2.75, 3.05) is 13.7 Å². The average molecular weight is 246 g/mol. The Kier molecular flexibility index (Phi) is 8.40. The molecule has 0 spiro atoms. The summed E-state index contributed by atoms with van der Waals surface area (Å²) in [5.41, 5.74) is 0. The van der Waals surface area contributed by atoms with E-state index in [-0.39, 0.29) is 6.42 Å². The lowest BCUT2D eigenvalue weighted by molar-refractivity contribution is -0.156. The van der Waals surface area contributed by atoms with Gasteiger partial charge in [0.2, 0.25) is 0 Å². The van der Waals surface area contributed by atoms with Crippen molar-refractivity contribution in [3.63, 3.8) is 0 Å². The molecule has 0 aliphatic rings. The van der Waals surface area contributed by atoms with Crippen molar-refractivity contribution in [2.45, 2.75) is 45.6 Å². The van der Waals surface area contributed by atoms with Crippen LogP contribution < -0.4 is 0 Å². The Labute approximate surface area is 102 Å². The molecule has 0 aliphatic carbocycles. The molecule has 2 atom stereocenters. The molecule has 5 nitrogen and oxygen atoms in total. The molecule has 0 fully saturated rings. The molecule has 100 valence electrons. The Hall–Kier alpha value is -1.10. The van der Waals surface area contributed by atoms with Gasteiger partial charge in [0.05, 0.1) is 25.0 Å². The molecule has 0 bridgehead atoms. The Morgan fingerprint density at radius 1 is 1.29 bits per heavy atom. The first-order chi connectivity index (χ1) is 8.06. The van der Waals surface area contributed by atoms with Crippen molar-refractivity contribution in [1.82, 2.24) is 0 Å². The SMILES string of the molecule is CCCCOC(=O)CC(C(=O)O)C(CC)OC. The highest BCUT2D eigenvalue weighted by Gasteiger charge is 2.29. The van der Waals surface area contributed by atoms with Gasteiger partial charge in [-0.2, -0.15) is 0 Å². The van der Waals surface area contributed by atoms with Crippen LogP contribution in [0.2, 0.25) is 0 Å². The van der Waals surface area contributed by atoms with Gasteiger partial charge in [0.1, 0.15) is 0 Å². The van der Waals surface area contributed by atoms with Gasteiger partial charge in [-0.1, -0.05) is 20.3 Å². The summed E-state index contributed by atoms with van der Waals surface area (Å²) in [6.45, 7) is 4.17. The first kappa shape index (κ1) is 15.9. The topological polar surface area (TPSA) is 72.8 Å². The number of aliphatic carboxylic acids is 1. The average Bonchev–Trinajstić information content (AvgIpc) is 2.29. The minimum absolute atomic E-state index is 0.134. The third kappa shape index (κ3) is 6.26. The van der Waals surface area contributed by atoms with Crippen molar-refractivity contribution in [3.8, 4) is 0 Å². The molecule has 0 aromatic rings. The Balaban J connectivity index is 4.24. The smallest absolute Gasteiger partial charge is 0.309 e. The van der Waals surface area contributed by atoms with Crippen LogP contribution in [0, 0.1) is 5.92 Å². The van der Waals surface area contributed by atoms with Crippen LogP contribution in [0.15, 0.2) is 0 Å². The molecule has 2 unspecified atom stereocenters. The lowest BCUT2D eigenvalue weighted by Gasteiger charge is -2.20. The summed E-state index contributed by atoms with van der Waals surface area (Å²) in [7, 11) is 1.45. The van der Waals surface area contributed by atoms with Crippen molar-refractivity contribution < 1.29 is 24.2 Å². The van der Waals surface area contributed by atoms with E-state index in [1.807, 2.05) is 13.8 Å². The lowest BCUT2D eigenvalue weighted by Crippen LogP contribution is -2.32. The first-order valence-electron chi connectivity index (χ1n) is 5.97. The predicted molar refractivity (Wildman–Crippen MR) is 62.7 cm³/mol. The molecule has 0 saturated carbocycles. The van der Waals surface area contributed by atoms with Gasteiger partial charge in [-0.3, -0.25) is 9.59 Å². The fourth-order valence-corrected chi connectivity index (χ4v) is 1.56. The monoisotopic (exact) mass is 246 g/mol. The van der Waals surface area contributed by atoms with E-state index in [1.165, 1.54) is 7.11 Å². The number of carboxylic acids is 1. The third-order valence-corrected chi connectivity index (χ3v) is 2.62. The van der Waals surface area contributed by atoms with Crippen molar-refractivity contribution >= 4 is 11.9 Å². The third-order valence-electron chi connectivity index (χ3n) is 2.62. The molecule has 5 heteroatoms. The Bertz CT molecular complexity index is 235. The quantitative estimate of drug-likeness (QED) is 0.496. The van der Waals surface area contributed by atoms with Crippen LogP contribution >= 0.6 is 0 Å². The van der Waals surface area contributed by atoms with Crippen LogP contribution in [0.5, 0.6) is 0 Å². The van der Waals surface area contributed by atoms with E-state index in [9.17, 15) is 9.59 Å². The van der Waals surface area contributed by atoms with Crippen LogP contribution in [0.3, 0.4) is 0 Å². The molecule has 0 rings (SSSR count). The molecule has 1 N–H and O–H groups in total. The standard InChI is InChI=1S/C12H22O5/c1-4-6-7-17-11(13)8-9(12(14)15)10(5-2)16-3/h9-10H,4-8H2,1-3H3,(H,14,15). The van der Waals surface area contributed by atoms with E-state index in [1.54, 1.807) is 0 Å². The molecule has 0 aliphatic heterocycles. The zero-order valence-electron chi connectivity index (χ0n) is 10.8. The van der Waals surface area contributed by atoms with Crippen molar-refractivity contribution in [2.24, 2.45) is 5.92 Å². The molecule has 0 radical (unpaired) electrons. The fourth-order valence-electron chi connectivity index (χ4n) is 1.56. The highest BCUT2D eigenvalue weighted by molar-refractivity contribution is 5.79. The molecule has 0 aromatic carbocycles. The van der Waals surface area contributed by atoms with E-state index in [2.05, 4.69) is 0 Å². The molecule has 0 saturated heterocycles. The second-order valence-electron chi connectivity index (χ2n) is 3.91. The number of carbonyl (C=O) groups is 2. The number of esters is 1. The van der Waals surface area contributed by atoms with E-state index in [0.29, 0.717) is 13.0 Å². The van der Waals surface area contributed by atoms with Crippen LogP contribution in [-0.2, 0) is 19.1 Å². The van der Waals surface area contributed by atoms with E-state index in [4.69, 9.17) is 14.6 Å². The van der Waals surface area contributed by atoms with Gasteiger partial charge in [0.15, 0.2) is 0 Å². The minimum Gasteiger partial charge on any atom is -0.481 e. The first-order valence-corrected chi connectivity index (χ1v) is 5.97. The number of unbranched alkanes of at least 4 members (excludes halogenated alkanes) is 1. The van der Waals surface area contributed by atoms with Gasteiger partial charge >= 0.3 is 11.9 Å². The number of carboxylic acid groups (broad SMARTS) is 1. The highest BCUT2D eigenvalue weighted by atomic mass is 16.5. The van der Waals surface area contributed by atoms with Gasteiger partial charge in [0, 0.05) is 7.11 Å². The van der Waals surface area contributed by atoms with Gasteiger partial charge < -0.3 is 14.6 Å². The summed E-state index contributed by atoms with van der Waals surface area (Å²) in [6.07, 6.45) is 1.70. The second kappa shape index (κ2) is 8.98. The second-order valence-corrected chi connectivity index (χ2v) is 3.91. The minimum atomic E-state index is -1.02. The number of carbonyl (C=O) groups excluding carboxylic acids is 1.